The lowest BCUT2D eigenvalue weighted by molar-refractivity contribution is -0.123. The fourth-order valence-corrected chi connectivity index (χ4v) is 3.49. The van der Waals surface area contributed by atoms with Gasteiger partial charge in [0, 0.05) is 12.6 Å². The van der Waals surface area contributed by atoms with Crippen molar-refractivity contribution in [3.05, 3.63) is 0 Å². The van der Waals surface area contributed by atoms with E-state index in [1.165, 1.54) is 25.7 Å². The molecule has 0 bridgehead atoms. The second-order valence-corrected chi connectivity index (χ2v) is 6.63. The molecule has 2 rings (SSSR count). The minimum Gasteiger partial charge on any atom is -0.391 e. The van der Waals surface area contributed by atoms with Crippen LogP contribution in [0.25, 0.3) is 0 Å². The highest BCUT2D eigenvalue weighted by atomic mass is 16.3. The van der Waals surface area contributed by atoms with Crippen molar-refractivity contribution in [1.29, 1.82) is 0 Å². The number of amides is 1. The van der Waals surface area contributed by atoms with Gasteiger partial charge < -0.3 is 15.7 Å². The van der Waals surface area contributed by atoms with Gasteiger partial charge in [-0.3, -0.25) is 4.79 Å². The summed E-state index contributed by atoms with van der Waals surface area (Å²) in [5, 5.41) is 16.1. The molecule has 2 fully saturated rings. The van der Waals surface area contributed by atoms with Crippen LogP contribution in [0.4, 0.5) is 0 Å². The summed E-state index contributed by atoms with van der Waals surface area (Å²) in [4.78, 5) is 12.1. The predicted molar refractivity (Wildman–Crippen MR) is 75.8 cm³/mol. The maximum absolute atomic E-state index is 12.1. The third-order valence-electron chi connectivity index (χ3n) is 4.43. The predicted octanol–water partition coefficient (Wildman–Crippen LogP) is 1.43. The molecular weight excluding hydrogens is 240 g/mol. The van der Waals surface area contributed by atoms with E-state index >= 15 is 0 Å². The van der Waals surface area contributed by atoms with Gasteiger partial charge in [-0.2, -0.15) is 0 Å². The van der Waals surface area contributed by atoms with Gasteiger partial charge in [0.1, 0.15) is 0 Å². The fraction of sp³-hybridized carbons (Fsp3) is 0.933. The Hall–Kier alpha value is -0.610. The van der Waals surface area contributed by atoms with E-state index in [9.17, 15) is 9.90 Å². The van der Waals surface area contributed by atoms with Gasteiger partial charge >= 0.3 is 0 Å². The summed E-state index contributed by atoms with van der Waals surface area (Å²) in [5.41, 5.74) is 0. The molecule has 0 aromatic heterocycles. The highest BCUT2D eigenvalue weighted by Gasteiger charge is 2.38. The highest BCUT2D eigenvalue weighted by molar-refractivity contribution is 5.82. The van der Waals surface area contributed by atoms with Crippen LogP contribution in [0.5, 0.6) is 0 Å². The average molecular weight is 268 g/mol. The zero-order valence-corrected chi connectivity index (χ0v) is 12.2. The summed E-state index contributed by atoms with van der Waals surface area (Å²) in [5.74, 6) is 1.21. The first-order valence-corrected chi connectivity index (χ1v) is 7.78. The van der Waals surface area contributed by atoms with Gasteiger partial charge in [0.2, 0.25) is 5.91 Å². The molecule has 4 unspecified atom stereocenters. The van der Waals surface area contributed by atoms with Gasteiger partial charge in [-0.05, 0) is 37.5 Å². The topological polar surface area (TPSA) is 61.4 Å². The van der Waals surface area contributed by atoms with Crippen LogP contribution in [-0.4, -0.2) is 35.7 Å². The molecule has 4 heteroatoms. The number of carbonyl (C=O) groups is 1. The molecule has 19 heavy (non-hydrogen) atoms. The zero-order chi connectivity index (χ0) is 13.8. The molecule has 0 aromatic carbocycles. The molecule has 4 atom stereocenters. The summed E-state index contributed by atoms with van der Waals surface area (Å²) in [6.45, 7) is 4.53. The molecule has 4 nitrogen and oxygen atoms in total. The summed E-state index contributed by atoms with van der Waals surface area (Å²) < 4.78 is 0. The lowest BCUT2D eigenvalue weighted by Gasteiger charge is -2.24. The van der Waals surface area contributed by atoms with E-state index in [1.807, 2.05) is 0 Å². The van der Waals surface area contributed by atoms with Crippen molar-refractivity contribution in [2.75, 3.05) is 6.54 Å². The molecule has 1 saturated heterocycles. The Morgan fingerprint density at radius 1 is 1.37 bits per heavy atom. The number of rotatable bonds is 5. The van der Waals surface area contributed by atoms with Crippen LogP contribution in [0.1, 0.15) is 52.4 Å². The van der Waals surface area contributed by atoms with Crippen molar-refractivity contribution in [3.63, 3.8) is 0 Å². The SMILES string of the molecule is CC(C)CC(O)CNC(=O)C1CC2CCCCC2N1. The number of aliphatic hydroxyl groups is 1. The summed E-state index contributed by atoms with van der Waals surface area (Å²) >= 11 is 0. The maximum atomic E-state index is 12.1. The van der Waals surface area contributed by atoms with E-state index in [2.05, 4.69) is 24.5 Å². The van der Waals surface area contributed by atoms with Gasteiger partial charge in [0.25, 0.3) is 0 Å². The Balaban J connectivity index is 1.72. The van der Waals surface area contributed by atoms with Crippen LogP contribution >= 0.6 is 0 Å². The van der Waals surface area contributed by atoms with Crippen molar-refractivity contribution in [1.82, 2.24) is 10.6 Å². The smallest absolute Gasteiger partial charge is 0.237 e. The van der Waals surface area contributed by atoms with E-state index in [4.69, 9.17) is 0 Å². The third kappa shape index (κ3) is 4.18. The first-order valence-electron chi connectivity index (χ1n) is 7.78. The molecule has 110 valence electrons. The largest absolute Gasteiger partial charge is 0.391 e. The van der Waals surface area contributed by atoms with E-state index in [0.717, 1.165) is 12.8 Å². The molecule has 0 radical (unpaired) electrons. The van der Waals surface area contributed by atoms with E-state index in [-0.39, 0.29) is 11.9 Å². The summed E-state index contributed by atoms with van der Waals surface area (Å²) in [6, 6.07) is 0.504. The number of carbonyl (C=O) groups excluding carboxylic acids is 1. The zero-order valence-electron chi connectivity index (χ0n) is 12.2. The van der Waals surface area contributed by atoms with Crippen molar-refractivity contribution in [2.45, 2.75) is 70.6 Å². The van der Waals surface area contributed by atoms with Gasteiger partial charge in [0.05, 0.1) is 12.1 Å². The van der Waals surface area contributed by atoms with Crippen LogP contribution < -0.4 is 10.6 Å². The van der Waals surface area contributed by atoms with Gasteiger partial charge in [-0.15, -0.1) is 0 Å². The number of hydrogen-bond acceptors (Lipinski definition) is 3. The van der Waals surface area contributed by atoms with E-state index in [0.29, 0.717) is 24.4 Å². The minimum atomic E-state index is -0.423. The second-order valence-electron chi connectivity index (χ2n) is 6.63. The van der Waals surface area contributed by atoms with Crippen molar-refractivity contribution < 1.29 is 9.90 Å². The molecule has 1 aliphatic carbocycles. The molecule has 0 aromatic rings. The lowest BCUT2D eigenvalue weighted by Crippen LogP contribution is -2.45. The molecule has 1 amide bonds. The molecule has 0 spiro atoms. The molecular formula is C15H28N2O2. The number of aliphatic hydroxyl groups excluding tert-OH is 1. The number of nitrogens with one attached hydrogen (secondary N) is 2. The molecule has 1 aliphatic heterocycles. The van der Waals surface area contributed by atoms with E-state index in [1.54, 1.807) is 0 Å². The van der Waals surface area contributed by atoms with Crippen molar-refractivity contribution in [2.24, 2.45) is 11.8 Å². The Morgan fingerprint density at radius 2 is 2.11 bits per heavy atom. The summed E-state index contributed by atoms with van der Waals surface area (Å²) in [6.07, 6.45) is 6.36. The number of fused-ring (bicyclic) bond motifs is 1. The lowest BCUT2D eigenvalue weighted by atomic mass is 9.85. The van der Waals surface area contributed by atoms with Crippen LogP contribution in [0.15, 0.2) is 0 Å². The van der Waals surface area contributed by atoms with Crippen LogP contribution in [0.3, 0.4) is 0 Å². The first kappa shape index (κ1) is 14.8. The fourth-order valence-electron chi connectivity index (χ4n) is 3.49. The van der Waals surface area contributed by atoms with Gasteiger partial charge in [0.15, 0.2) is 0 Å². The average Bonchev–Trinajstić information content (AvgIpc) is 2.78. The van der Waals surface area contributed by atoms with Crippen molar-refractivity contribution >= 4 is 5.91 Å². The van der Waals surface area contributed by atoms with Crippen LogP contribution in [0, 0.1) is 11.8 Å². The normalized spacial score (nSPS) is 32.1. The molecule has 3 N–H and O–H groups in total. The Morgan fingerprint density at radius 3 is 2.79 bits per heavy atom. The Kier molecular flexibility index (Phi) is 5.22. The summed E-state index contributed by atoms with van der Waals surface area (Å²) in [7, 11) is 0. The maximum Gasteiger partial charge on any atom is 0.237 e. The number of hydrogen-bond donors (Lipinski definition) is 3. The first-order chi connectivity index (χ1) is 9.06. The molecule has 2 aliphatic rings. The standard InChI is InChI=1S/C15H28N2O2/c1-10(2)7-12(18)9-16-15(19)14-8-11-5-3-4-6-13(11)17-14/h10-14,17-18H,3-9H2,1-2H3,(H,16,19). The highest BCUT2D eigenvalue weighted by Crippen LogP contribution is 2.33. The van der Waals surface area contributed by atoms with Crippen LogP contribution in [0.2, 0.25) is 0 Å². The Labute approximate surface area is 116 Å². The monoisotopic (exact) mass is 268 g/mol. The van der Waals surface area contributed by atoms with Crippen molar-refractivity contribution in [3.8, 4) is 0 Å². The minimum absolute atomic E-state index is 0.0423. The molecule has 1 heterocycles. The molecule has 1 saturated carbocycles. The Bertz CT molecular complexity index is 293. The van der Waals surface area contributed by atoms with Gasteiger partial charge in [-0.25, -0.2) is 0 Å². The van der Waals surface area contributed by atoms with Gasteiger partial charge in [-0.1, -0.05) is 26.7 Å². The second kappa shape index (κ2) is 6.71. The van der Waals surface area contributed by atoms with E-state index < -0.39 is 6.10 Å². The van der Waals surface area contributed by atoms with Crippen LogP contribution in [-0.2, 0) is 4.79 Å². The quantitative estimate of drug-likeness (QED) is 0.707. The third-order valence-corrected chi connectivity index (χ3v) is 4.43.